The predicted octanol–water partition coefficient (Wildman–Crippen LogP) is 3.04. The van der Waals surface area contributed by atoms with Crippen molar-refractivity contribution in [2.24, 2.45) is 0 Å². The van der Waals surface area contributed by atoms with Gasteiger partial charge in [0, 0.05) is 6.61 Å². The van der Waals surface area contributed by atoms with Gasteiger partial charge in [-0.05, 0) is 25.1 Å². The first kappa shape index (κ1) is 15.3. The topological polar surface area (TPSA) is 18.5 Å². The third kappa shape index (κ3) is 7.26. The molecule has 2 nitrogen and oxygen atoms in total. The second-order valence-electron chi connectivity index (χ2n) is 4.48. The van der Waals surface area contributed by atoms with Crippen LogP contribution in [-0.4, -0.2) is 26.1 Å². The Morgan fingerprint density at radius 2 is 2.07 bits per heavy atom. The van der Waals surface area contributed by atoms with E-state index in [0.29, 0.717) is 12.0 Å². The highest BCUT2D eigenvalue weighted by Crippen LogP contribution is 2.33. The molecule has 0 amide bonds. The summed E-state index contributed by atoms with van der Waals surface area (Å²) in [4.78, 5) is 0. The zero-order chi connectivity index (χ0) is 11.7. The first-order valence-corrected chi connectivity index (χ1v) is 6.51. The van der Waals surface area contributed by atoms with Gasteiger partial charge in [0.2, 0.25) is 0 Å². The van der Waals surface area contributed by atoms with Gasteiger partial charge >= 0.3 is 0 Å². The molecule has 0 aromatic rings. The Balaban J connectivity index is 3.76. The van der Waals surface area contributed by atoms with Gasteiger partial charge in [-0.15, -0.1) is 0 Å². The minimum absolute atomic E-state index is 0.232. The van der Waals surface area contributed by atoms with Gasteiger partial charge in [-0.3, -0.25) is 0 Å². The maximum Gasteiger partial charge on any atom is 0.282 e. The van der Waals surface area contributed by atoms with Crippen molar-refractivity contribution in [3.05, 3.63) is 0 Å². The number of rotatable bonds is 9. The summed E-state index contributed by atoms with van der Waals surface area (Å²) in [5.74, 6) is 0.502. The number of hydrogen-bond donors (Lipinski definition) is 1. The molecule has 0 aromatic heterocycles. The van der Waals surface area contributed by atoms with E-state index < -0.39 is 0 Å². The van der Waals surface area contributed by atoms with Crippen LogP contribution in [0, 0.1) is 0 Å². The number of thiol groups is 1. The third-order valence-corrected chi connectivity index (χ3v) is 3.26. The van der Waals surface area contributed by atoms with E-state index in [9.17, 15) is 0 Å². The third-order valence-electron chi connectivity index (χ3n) is 3.08. The van der Waals surface area contributed by atoms with Gasteiger partial charge in [0.05, 0.1) is 12.0 Å². The molecule has 0 radical (unpaired) electrons. The Labute approximate surface area is 101 Å². The van der Waals surface area contributed by atoms with Crippen molar-refractivity contribution in [2.45, 2.75) is 58.4 Å². The molecule has 2 unspecified atom stereocenters. The van der Waals surface area contributed by atoms with Crippen molar-refractivity contribution in [3.8, 4) is 0 Å². The first-order chi connectivity index (χ1) is 7.08. The Bertz CT molecular complexity index is 158. The maximum atomic E-state index is 5.69. The van der Waals surface area contributed by atoms with E-state index in [1.165, 1.54) is 0 Å². The molecule has 0 saturated heterocycles. The quantitative estimate of drug-likeness (QED) is 0.374. The summed E-state index contributed by atoms with van der Waals surface area (Å²) in [6.45, 7) is 9.54. The summed E-state index contributed by atoms with van der Waals surface area (Å²) in [6.07, 6.45) is 3.62. The van der Waals surface area contributed by atoms with E-state index in [2.05, 4.69) is 40.3 Å². The maximum absolute atomic E-state index is 5.69. The average molecular weight is 232 g/mol. The molecule has 0 N–H and O–H groups in total. The van der Waals surface area contributed by atoms with Crippen molar-refractivity contribution in [1.29, 1.82) is 0 Å². The highest BCUT2D eigenvalue weighted by Gasteiger charge is 2.24. The molecule has 4 heteroatoms. The Morgan fingerprint density at radius 1 is 1.40 bits per heavy atom. The summed E-state index contributed by atoms with van der Waals surface area (Å²) in [5, 5.41) is 0.232. The van der Waals surface area contributed by atoms with E-state index in [1.807, 2.05) is 0 Å². The van der Waals surface area contributed by atoms with Crippen molar-refractivity contribution in [2.75, 3.05) is 12.5 Å². The Morgan fingerprint density at radius 3 is 2.53 bits per heavy atom. The molecule has 0 saturated carbocycles. The fourth-order valence-corrected chi connectivity index (χ4v) is 1.36. The molecular weight excluding hydrogens is 207 g/mol. The lowest BCUT2D eigenvalue weighted by Crippen LogP contribution is -2.22. The molecule has 0 rings (SSSR count). The van der Waals surface area contributed by atoms with Gasteiger partial charge < -0.3 is 9.39 Å². The summed E-state index contributed by atoms with van der Waals surface area (Å²) >= 11 is 4.06. The van der Waals surface area contributed by atoms with Gasteiger partial charge in [-0.2, -0.15) is 12.6 Å². The van der Waals surface area contributed by atoms with Gasteiger partial charge in [-0.25, -0.2) is 0 Å². The van der Waals surface area contributed by atoms with E-state index in [-0.39, 0.29) is 5.31 Å². The van der Waals surface area contributed by atoms with E-state index in [0.717, 1.165) is 33.4 Å². The zero-order valence-electron chi connectivity index (χ0n) is 10.6. The molecule has 0 aliphatic heterocycles. The molecule has 0 spiro atoms. The zero-order valence-corrected chi connectivity index (χ0v) is 11.5. The van der Waals surface area contributed by atoms with Crippen molar-refractivity contribution < 1.29 is 9.39 Å². The van der Waals surface area contributed by atoms with Crippen LogP contribution in [0.25, 0.3) is 0 Å². The van der Waals surface area contributed by atoms with Crippen molar-refractivity contribution in [3.63, 3.8) is 0 Å². The largest absolute Gasteiger partial charge is 0.430 e. The van der Waals surface area contributed by atoms with E-state index in [1.54, 1.807) is 0 Å². The normalized spacial score (nSPS) is 17.1. The number of ether oxygens (including phenoxy) is 1. The van der Waals surface area contributed by atoms with Crippen molar-refractivity contribution >= 4 is 20.1 Å². The van der Waals surface area contributed by atoms with Crippen molar-refractivity contribution in [1.82, 2.24) is 0 Å². The van der Waals surface area contributed by atoms with Crippen LogP contribution in [0.15, 0.2) is 0 Å². The summed E-state index contributed by atoms with van der Waals surface area (Å²) in [5.41, 5.74) is 0. The van der Waals surface area contributed by atoms with Crippen LogP contribution >= 0.6 is 12.6 Å². The summed E-state index contributed by atoms with van der Waals surface area (Å²) < 4.78 is 11.1. The monoisotopic (exact) mass is 232 g/mol. The lowest BCUT2D eigenvalue weighted by Gasteiger charge is -2.26. The second-order valence-corrected chi connectivity index (χ2v) is 4.74. The Kier molecular flexibility index (Phi) is 8.67. The van der Waals surface area contributed by atoms with E-state index in [4.69, 9.17) is 9.39 Å². The van der Waals surface area contributed by atoms with Gasteiger partial charge in [0.25, 0.3) is 7.48 Å². The lowest BCUT2D eigenvalue weighted by atomic mass is 9.61. The first-order valence-electron chi connectivity index (χ1n) is 5.88. The molecule has 0 aliphatic rings. The fourth-order valence-electron chi connectivity index (χ4n) is 1.27. The smallest absolute Gasteiger partial charge is 0.282 e. The molecule has 90 valence electrons. The molecule has 2 atom stereocenters. The minimum atomic E-state index is 0.232. The average Bonchev–Trinajstić information content (AvgIpc) is 2.26. The standard InChI is InChI=1S/C11H25BO2S/c1-5-10(3)13-8-7-11(4,6-2)12-14-9-15/h10,12,15H,5-9H2,1-4H3. The van der Waals surface area contributed by atoms with E-state index >= 15 is 0 Å². The van der Waals surface area contributed by atoms with Crippen LogP contribution in [0.1, 0.15) is 47.0 Å². The van der Waals surface area contributed by atoms with Crippen LogP contribution in [0.2, 0.25) is 5.31 Å². The highest BCUT2D eigenvalue weighted by molar-refractivity contribution is 7.80. The van der Waals surface area contributed by atoms with Crippen LogP contribution in [0.4, 0.5) is 0 Å². The molecule has 15 heavy (non-hydrogen) atoms. The predicted molar refractivity (Wildman–Crippen MR) is 71.1 cm³/mol. The number of hydrogen-bond acceptors (Lipinski definition) is 3. The van der Waals surface area contributed by atoms with Crippen LogP contribution in [0.5, 0.6) is 0 Å². The second kappa shape index (κ2) is 8.48. The van der Waals surface area contributed by atoms with Gasteiger partial charge in [0.15, 0.2) is 0 Å². The Hall–Kier alpha value is 0.335. The van der Waals surface area contributed by atoms with Crippen LogP contribution in [0.3, 0.4) is 0 Å². The summed E-state index contributed by atoms with van der Waals surface area (Å²) in [7, 11) is 0.775. The minimum Gasteiger partial charge on any atom is -0.430 e. The highest BCUT2D eigenvalue weighted by atomic mass is 32.1. The molecule has 0 aromatic carbocycles. The fraction of sp³-hybridized carbons (Fsp3) is 1.00. The molecule has 0 aliphatic carbocycles. The molecule has 0 bridgehead atoms. The molecule has 0 heterocycles. The summed E-state index contributed by atoms with van der Waals surface area (Å²) in [6, 6.07) is 0. The van der Waals surface area contributed by atoms with Crippen LogP contribution in [-0.2, 0) is 9.39 Å². The van der Waals surface area contributed by atoms with Gasteiger partial charge in [0.1, 0.15) is 0 Å². The van der Waals surface area contributed by atoms with Gasteiger partial charge in [-0.1, -0.05) is 27.2 Å². The molecular formula is C11H25BO2S. The SMILES string of the molecule is CCC(C)OCCC(C)(BOCS)CC. The van der Waals surface area contributed by atoms with Crippen LogP contribution < -0.4 is 0 Å². The molecule has 0 fully saturated rings. The lowest BCUT2D eigenvalue weighted by molar-refractivity contribution is 0.0555.